The van der Waals surface area contributed by atoms with E-state index in [0.29, 0.717) is 16.8 Å². The molecule has 2 heterocycles. The quantitative estimate of drug-likeness (QED) is 0.677. The molecule has 0 fully saturated rings. The van der Waals surface area contributed by atoms with Crippen LogP contribution in [0.1, 0.15) is 20.7 Å². The predicted molar refractivity (Wildman–Crippen MR) is 95.9 cm³/mol. The number of imide groups is 1. The first-order valence-electron chi connectivity index (χ1n) is 8.10. The van der Waals surface area contributed by atoms with Crippen molar-refractivity contribution in [2.45, 2.75) is 0 Å². The molecule has 3 aromatic rings. The van der Waals surface area contributed by atoms with Gasteiger partial charge in [0.25, 0.3) is 11.8 Å². The number of aromatic nitrogens is 2. The zero-order valence-electron chi connectivity index (χ0n) is 14.3. The normalized spacial score (nSPS) is 13.4. The molecule has 130 valence electrons. The summed E-state index contributed by atoms with van der Waals surface area (Å²) in [5.74, 6) is -1.23. The van der Waals surface area contributed by atoms with Crippen LogP contribution in [0.3, 0.4) is 0 Å². The van der Waals surface area contributed by atoms with E-state index in [0.717, 1.165) is 15.9 Å². The number of hydrogen-bond donors (Lipinski definition) is 0. The van der Waals surface area contributed by atoms with Gasteiger partial charge in [0.15, 0.2) is 0 Å². The first kappa shape index (κ1) is 16.0. The van der Waals surface area contributed by atoms with Crippen LogP contribution in [-0.4, -0.2) is 45.8 Å². The number of rotatable bonds is 3. The number of likely N-dealkylation sites (N-methyl/N-ethyl adjacent to an activating group) is 1. The molecule has 7 heteroatoms. The third-order valence-electron chi connectivity index (χ3n) is 4.64. The summed E-state index contributed by atoms with van der Waals surface area (Å²) in [5, 5.41) is 0. The first-order chi connectivity index (χ1) is 12.5. The van der Waals surface area contributed by atoms with Crippen LogP contribution in [-0.2, 0) is 11.8 Å². The number of hydrogen-bond acceptors (Lipinski definition) is 4. The second kappa shape index (κ2) is 5.80. The fourth-order valence-corrected chi connectivity index (χ4v) is 3.10. The molecule has 0 radical (unpaired) electrons. The maximum Gasteiger partial charge on any atom is 0.262 e. The summed E-state index contributed by atoms with van der Waals surface area (Å²) in [6.45, 7) is -0.302. The fourth-order valence-electron chi connectivity index (χ4n) is 3.10. The summed E-state index contributed by atoms with van der Waals surface area (Å²) in [6.07, 6.45) is 1.70. The number of nitrogens with zero attached hydrogens (tertiary/aromatic N) is 4. The van der Waals surface area contributed by atoms with Gasteiger partial charge in [-0.1, -0.05) is 12.1 Å². The highest BCUT2D eigenvalue weighted by Gasteiger charge is 2.36. The van der Waals surface area contributed by atoms with E-state index in [-0.39, 0.29) is 12.5 Å². The average Bonchev–Trinajstić information content (AvgIpc) is 3.14. The number of benzene rings is 2. The molecule has 1 aliphatic rings. The van der Waals surface area contributed by atoms with E-state index in [1.165, 1.54) is 4.90 Å². The van der Waals surface area contributed by atoms with Gasteiger partial charge >= 0.3 is 0 Å². The molecule has 3 amide bonds. The molecule has 0 bridgehead atoms. The Bertz CT molecular complexity index is 1030. The standard InChI is InChI=1S/C19H16N4O3/c1-21-11-20-15-9-12(7-8-16(15)21)22(2)17(24)10-23-18(25)13-5-3-4-6-14(13)19(23)26/h3-9,11H,10H2,1-2H3. The molecular weight excluding hydrogens is 332 g/mol. The Morgan fingerprint density at radius 3 is 2.38 bits per heavy atom. The lowest BCUT2D eigenvalue weighted by Crippen LogP contribution is -2.41. The minimum atomic E-state index is -0.437. The highest BCUT2D eigenvalue weighted by Crippen LogP contribution is 2.24. The van der Waals surface area contributed by atoms with Crippen molar-refractivity contribution < 1.29 is 14.4 Å². The van der Waals surface area contributed by atoms with Crippen molar-refractivity contribution in [3.63, 3.8) is 0 Å². The third kappa shape index (κ3) is 2.36. The lowest BCUT2D eigenvalue weighted by molar-refractivity contribution is -0.118. The molecule has 0 N–H and O–H groups in total. The second-order valence-corrected chi connectivity index (χ2v) is 6.22. The van der Waals surface area contributed by atoms with Crippen molar-refractivity contribution >= 4 is 34.4 Å². The number of imidazole rings is 1. The van der Waals surface area contributed by atoms with E-state index in [1.807, 2.05) is 23.7 Å². The molecule has 0 saturated carbocycles. The van der Waals surface area contributed by atoms with Crippen LogP contribution in [0.25, 0.3) is 11.0 Å². The Morgan fingerprint density at radius 2 is 1.73 bits per heavy atom. The van der Waals surface area contributed by atoms with Crippen LogP contribution in [0, 0.1) is 0 Å². The third-order valence-corrected chi connectivity index (χ3v) is 4.64. The number of carbonyl (C=O) groups is 3. The van der Waals surface area contributed by atoms with E-state index in [2.05, 4.69) is 4.98 Å². The zero-order chi connectivity index (χ0) is 18.4. The van der Waals surface area contributed by atoms with E-state index in [9.17, 15) is 14.4 Å². The van der Waals surface area contributed by atoms with Gasteiger partial charge in [-0.2, -0.15) is 0 Å². The van der Waals surface area contributed by atoms with E-state index in [4.69, 9.17) is 0 Å². The largest absolute Gasteiger partial charge is 0.334 e. The van der Waals surface area contributed by atoms with Crippen molar-refractivity contribution in [1.82, 2.24) is 14.5 Å². The molecular formula is C19H16N4O3. The minimum absolute atomic E-state index is 0.302. The van der Waals surface area contributed by atoms with Crippen LogP contribution in [0.15, 0.2) is 48.8 Å². The molecule has 1 aromatic heterocycles. The van der Waals surface area contributed by atoms with Gasteiger partial charge < -0.3 is 9.47 Å². The van der Waals surface area contributed by atoms with Crippen LogP contribution in [0.4, 0.5) is 5.69 Å². The number of amides is 3. The molecule has 26 heavy (non-hydrogen) atoms. The topological polar surface area (TPSA) is 75.5 Å². The molecule has 7 nitrogen and oxygen atoms in total. The second-order valence-electron chi connectivity index (χ2n) is 6.22. The molecule has 0 spiro atoms. The molecule has 0 unspecified atom stereocenters. The summed E-state index contributed by atoms with van der Waals surface area (Å²) < 4.78 is 1.89. The summed E-state index contributed by atoms with van der Waals surface area (Å²) in [4.78, 5) is 44.1. The molecule has 0 aliphatic carbocycles. The number of aryl methyl sites for hydroxylation is 1. The van der Waals surface area contributed by atoms with Gasteiger partial charge in [0, 0.05) is 19.8 Å². The van der Waals surface area contributed by atoms with Gasteiger partial charge in [-0.05, 0) is 30.3 Å². The fraction of sp³-hybridized carbons (Fsp3) is 0.158. The van der Waals surface area contributed by atoms with Crippen LogP contribution in [0.5, 0.6) is 0 Å². The molecule has 2 aromatic carbocycles. The Hall–Kier alpha value is -3.48. The molecule has 0 saturated heterocycles. The van der Waals surface area contributed by atoms with Gasteiger partial charge in [0.1, 0.15) is 6.54 Å². The number of anilines is 1. The Kier molecular flexibility index (Phi) is 3.57. The number of carbonyl (C=O) groups excluding carboxylic acids is 3. The van der Waals surface area contributed by atoms with Gasteiger partial charge in [0.2, 0.25) is 5.91 Å². The van der Waals surface area contributed by atoms with Gasteiger partial charge in [-0.15, -0.1) is 0 Å². The lowest BCUT2D eigenvalue weighted by Gasteiger charge is -2.21. The maximum atomic E-state index is 12.6. The van der Waals surface area contributed by atoms with Crippen molar-refractivity contribution in [1.29, 1.82) is 0 Å². The summed E-state index contributed by atoms with van der Waals surface area (Å²) >= 11 is 0. The van der Waals surface area contributed by atoms with Crippen molar-refractivity contribution in [3.8, 4) is 0 Å². The van der Waals surface area contributed by atoms with Gasteiger partial charge in [-0.25, -0.2) is 4.98 Å². The SMILES string of the molecule is CN(C(=O)CN1C(=O)c2ccccc2C1=O)c1ccc2c(c1)ncn2C. The van der Waals surface area contributed by atoms with Crippen molar-refractivity contribution in [2.24, 2.45) is 7.05 Å². The average molecular weight is 348 g/mol. The van der Waals surface area contributed by atoms with E-state index < -0.39 is 11.8 Å². The van der Waals surface area contributed by atoms with Crippen LogP contribution >= 0.6 is 0 Å². The smallest absolute Gasteiger partial charge is 0.262 e. The monoisotopic (exact) mass is 348 g/mol. The Balaban J connectivity index is 1.56. The lowest BCUT2D eigenvalue weighted by atomic mass is 10.1. The summed E-state index contributed by atoms with van der Waals surface area (Å²) in [6, 6.07) is 12.1. The molecule has 1 aliphatic heterocycles. The van der Waals surface area contributed by atoms with Crippen LogP contribution in [0.2, 0.25) is 0 Å². The maximum absolute atomic E-state index is 12.6. The Labute approximate surface area is 149 Å². The predicted octanol–water partition coefficient (Wildman–Crippen LogP) is 1.83. The highest BCUT2D eigenvalue weighted by atomic mass is 16.2. The van der Waals surface area contributed by atoms with Crippen molar-refractivity contribution in [2.75, 3.05) is 18.5 Å². The zero-order valence-corrected chi connectivity index (χ0v) is 14.3. The first-order valence-corrected chi connectivity index (χ1v) is 8.10. The van der Waals surface area contributed by atoms with E-state index in [1.54, 1.807) is 43.7 Å². The van der Waals surface area contributed by atoms with Crippen LogP contribution < -0.4 is 4.90 Å². The number of fused-ring (bicyclic) bond motifs is 2. The van der Waals surface area contributed by atoms with E-state index >= 15 is 0 Å². The summed E-state index contributed by atoms with van der Waals surface area (Å²) in [5.41, 5.74) is 3.05. The van der Waals surface area contributed by atoms with Gasteiger partial charge in [0.05, 0.1) is 28.5 Å². The van der Waals surface area contributed by atoms with Gasteiger partial charge in [-0.3, -0.25) is 19.3 Å². The summed E-state index contributed by atoms with van der Waals surface area (Å²) in [7, 11) is 3.51. The Morgan fingerprint density at radius 1 is 1.08 bits per heavy atom. The minimum Gasteiger partial charge on any atom is -0.334 e. The molecule has 0 atom stereocenters. The highest BCUT2D eigenvalue weighted by molar-refractivity contribution is 6.22. The van der Waals surface area contributed by atoms with Crippen molar-refractivity contribution in [3.05, 3.63) is 59.9 Å². The molecule has 4 rings (SSSR count).